The number of rotatable bonds is 4. The summed E-state index contributed by atoms with van der Waals surface area (Å²) in [4.78, 5) is 2.13. The van der Waals surface area contributed by atoms with Crippen molar-refractivity contribution >= 4 is 5.69 Å². The van der Waals surface area contributed by atoms with Crippen LogP contribution in [0.4, 0.5) is 5.69 Å². The Hall–Kier alpha value is -1.75. The first kappa shape index (κ1) is 13.7. The van der Waals surface area contributed by atoms with Crippen LogP contribution in [-0.2, 0) is 0 Å². The van der Waals surface area contributed by atoms with Crippen LogP contribution in [-0.4, -0.2) is 13.1 Å². The zero-order chi connectivity index (χ0) is 13.7. The molecule has 0 radical (unpaired) electrons. The molecule has 2 heteroatoms. The van der Waals surface area contributed by atoms with Crippen molar-refractivity contribution in [2.75, 3.05) is 11.9 Å². The van der Waals surface area contributed by atoms with E-state index >= 15 is 0 Å². The number of anilines is 1. The minimum Gasteiger partial charge on any atom is -0.359 e. The lowest BCUT2D eigenvalue weighted by Crippen LogP contribution is -2.38. The molecule has 1 fully saturated rings. The van der Waals surface area contributed by atoms with Gasteiger partial charge in [0.15, 0.2) is 0 Å². The Morgan fingerprint density at radius 3 is 2.68 bits per heavy atom. The monoisotopic (exact) mass is 254 g/mol. The quantitative estimate of drug-likeness (QED) is 0.759. The molecule has 1 aliphatic carbocycles. The summed E-state index contributed by atoms with van der Waals surface area (Å²) >= 11 is 0. The molecule has 0 heterocycles. The van der Waals surface area contributed by atoms with E-state index in [1.807, 2.05) is 25.2 Å². The highest BCUT2D eigenvalue weighted by atomic mass is 15.1. The molecule has 0 amide bonds. The molecular formula is C17H22N2. The number of para-hydroxylation sites is 1. The highest BCUT2D eigenvalue weighted by molar-refractivity contribution is 5.48. The standard InChI is InChI=1S/C17H22N2/c1-3-8-14-9-7-12-16(14)17(13-18)19(2)15-10-5-4-6-11-15/h3-6,8,10-11,14,16-17H,7,9,12H2,1-2H3/b8-3+/t14-,16-,17-/m0/s1. The number of benzene rings is 1. The second kappa shape index (κ2) is 6.43. The largest absolute Gasteiger partial charge is 0.359 e. The number of hydrogen-bond acceptors (Lipinski definition) is 2. The van der Waals surface area contributed by atoms with Crippen molar-refractivity contribution in [2.24, 2.45) is 11.8 Å². The lowest BCUT2D eigenvalue weighted by molar-refractivity contribution is 0.410. The van der Waals surface area contributed by atoms with Gasteiger partial charge in [-0.3, -0.25) is 0 Å². The summed E-state index contributed by atoms with van der Waals surface area (Å²) in [7, 11) is 2.04. The molecule has 0 N–H and O–H groups in total. The predicted molar refractivity (Wildman–Crippen MR) is 79.9 cm³/mol. The van der Waals surface area contributed by atoms with Gasteiger partial charge >= 0.3 is 0 Å². The molecule has 100 valence electrons. The number of allylic oxidation sites excluding steroid dienone is 2. The van der Waals surface area contributed by atoms with Gasteiger partial charge in [-0.15, -0.1) is 0 Å². The Labute approximate surface area is 116 Å². The van der Waals surface area contributed by atoms with E-state index in [1.54, 1.807) is 0 Å². The molecule has 0 aromatic heterocycles. The van der Waals surface area contributed by atoms with E-state index in [-0.39, 0.29) is 6.04 Å². The smallest absolute Gasteiger partial charge is 0.120 e. The average Bonchev–Trinajstić information content (AvgIpc) is 2.89. The average molecular weight is 254 g/mol. The molecule has 0 unspecified atom stereocenters. The van der Waals surface area contributed by atoms with Crippen LogP contribution in [0, 0.1) is 23.2 Å². The van der Waals surface area contributed by atoms with E-state index in [0.717, 1.165) is 12.1 Å². The third-order valence-electron chi connectivity index (χ3n) is 4.18. The van der Waals surface area contributed by atoms with Crippen molar-refractivity contribution in [2.45, 2.75) is 32.2 Å². The van der Waals surface area contributed by atoms with Crippen LogP contribution in [0.3, 0.4) is 0 Å². The van der Waals surface area contributed by atoms with Crippen molar-refractivity contribution in [3.63, 3.8) is 0 Å². The third kappa shape index (κ3) is 2.98. The summed E-state index contributed by atoms with van der Waals surface area (Å²) in [5.74, 6) is 1.01. The van der Waals surface area contributed by atoms with Gasteiger partial charge in [0.2, 0.25) is 0 Å². The number of nitrogens with zero attached hydrogens (tertiary/aromatic N) is 2. The van der Waals surface area contributed by atoms with Crippen molar-refractivity contribution in [1.29, 1.82) is 5.26 Å². The fourth-order valence-corrected chi connectivity index (χ4v) is 3.19. The Kier molecular flexibility index (Phi) is 4.63. The molecule has 3 atom stereocenters. The summed E-state index contributed by atoms with van der Waals surface area (Å²) in [6.07, 6.45) is 8.02. The van der Waals surface area contributed by atoms with E-state index in [9.17, 15) is 5.26 Å². The van der Waals surface area contributed by atoms with Gasteiger partial charge in [-0.2, -0.15) is 5.26 Å². The first-order chi connectivity index (χ1) is 9.27. The molecule has 0 bridgehead atoms. The van der Waals surface area contributed by atoms with Crippen molar-refractivity contribution in [1.82, 2.24) is 0 Å². The molecule has 1 aromatic carbocycles. The maximum absolute atomic E-state index is 9.59. The zero-order valence-corrected chi connectivity index (χ0v) is 11.8. The highest BCUT2D eigenvalue weighted by Gasteiger charge is 2.34. The van der Waals surface area contributed by atoms with Gasteiger partial charge < -0.3 is 4.90 Å². The lowest BCUT2D eigenvalue weighted by atomic mass is 9.88. The van der Waals surface area contributed by atoms with Crippen molar-refractivity contribution < 1.29 is 0 Å². The van der Waals surface area contributed by atoms with E-state index < -0.39 is 0 Å². The summed E-state index contributed by atoms with van der Waals surface area (Å²) < 4.78 is 0. The first-order valence-electron chi connectivity index (χ1n) is 7.08. The van der Waals surface area contributed by atoms with E-state index in [0.29, 0.717) is 11.8 Å². The Morgan fingerprint density at radius 2 is 2.05 bits per heavy atom. The third-order valence-corrected chi connectivity index (χ3v) is 4.18. The Balaban J connectivity index is 2.18. The first-order valence-corrected chi connectivity index (χ1v) is 7.08. The minimum absolute atomic E-state index is 0.0360. The van der Waals surface area contributed by atoms with Gasteiger partial charge in [-0.1, -0.05) is 36.8 Å². The topological polar surface area (TPSA) is 27.0 Å². The number of hydrogen-bond donors (Lipinski definition) is 0. The summed E-state index contributed by atoms with van der Waals surface area (Å²) in [6, 6.07) is 12.7. The van der Waals surface area contributed by atoms with Crippen LogP contribution in [0.15, 0.2) is 42.5 Å². The maximum atomic E-state index is 9.59. The van der Waals surface area contributed by atoms with Gasteiger partial charge in [0.25, 0.3) is 0 Å². The SMILES string of the molecule is C/C=C/[C@H]1CCC[C@@H]1[C@H](C#N)N(C)c1ccccc1. The van der Waals surface area contributed by atoms with Crippen LogP contribution in [0.25, 0.3) is 0 Å². The van der Waals surface area contributed by atoms with Gasteiger partial charge in [0.1, 0.15) is 6.04 Å². The van der Waals surface area contributed by atoms with Crippen LogP contribution in [0.2, 0.25) is 0 Å². The van der Waals surface area contributed by atoms with Gasteiger partial charge in [0, 0.05) is 12.7 Å². The van der Waals surface area contributed by atoms with E-state index in [4.69, 9.17) is 0 Å². The molecule has 1 aromatic rings. The van der Waals surface area contributed by atoms with Crippen LogP contribution >= 0.6 is 0 Å². The molecule has 0 spiro atoms. The highest BCUT2D eigenvalue weighted by Crippen LogP contribution is 2.37. The molecule has 2 rings (SSSR count). The number of nitriles is 1. The lowest BCUT2D eigenvalue weighted by Gasteiger charge is -2.31. The van der Waals surface area contributed by atoms with Crippen LogP contribution < -0.4 is 4.90 Å². The molecule has 0 saturated heterocycles. The molecule has 0 aliphatic heterocycles. The normalized spacial score (nSPS) is 24.3. The maximum Gasteiger partial charge on any atom is 0.120 e. The fourth-order valence-electron chi connectivity index (χ4n) is 3.19. The van der Waals surface area contributed by atoms with Crippen LogP contribution in [0.1, 0.15) is 26.2 Å². The summed E-state index contributed by atoms with van der Waals surface area (Å²) in [5, 5.41) is 9.59. The van der Waals surface area contributed by atoms with Gasteiger partial charge in [0.05, 0.1) is 6.07 Å². The predicted octanol–water partition coefficient (Wildman–Crippen LogP) is 4.01. The minimum atomic E-state index is -0.0360. The summed E-state index contributed by atoms with van der Waals surface area (Å²) in [5.41, 5.74) is 1.13. The molecule has 1 aliphatic rings. The van der Waals surface area contributed by atoms with Crippen molar-refractivity contribution in [3.05, 3.63) is 42.5 Å². The Bertz CT molecular complexity index is 458. The fraction of sp³-hybridized carbons (Fsp3) is 0.471. The van der Waals surface area contributed by atoms with Gasteiger partial charge in [-0.25, -0.2) is 0 Å². The van der Waals surface area contributed by atoms with Crippen molar-refractivity contribution in [3.8, 4) is 6.07 Å². The second-order valence-corrected chi connectivity index (χ2v) is 5.30. The van der Waals surface area contributed by atoms with Gasteiger partial charge in [-0.05, 0) is 43.7 Å². The second-order valence-electron chi connectivity index (χ2n) is 5.30. The summed E-state index contributed by atoms with van der Waals surface area (Å²) in [6.45, 7) is 2.07. The van der Waals surface area contributed by atoms with E-state index in [1.165, 1.54) is 12.8 Å². The Morgan fingerprint density at radius 1 is 1.32 bits per heavy atom. The van der Waals surface area contributed by atoms with E-state index in [2.05, 4.69) is 42.2 Å². The molecule has 19 heavy (non-hydrogen) atoms. The molecule has 2 nitrogen and oxygen atoms in total. The molecular weight excluding hydrogens is 232 g/mol. The zero-order valence-electron chi connectivity index (χ0n) is 11.8. The van der Waals surface area contributed by atoms with Crippen LogP contribution in [0.5, 0.6) is 0 Å². The molecule has 1 saturated carbocycles.